The Labute approximate surface area is 186 Å². The molecule has 1 aromatic carbocycles. The number of benzene rings is 1. The van der Waals surface area contributed by atoms with Crippen LogP contribution < -0.4 is 10.9 Å². The molecule has 3 heterocycles. The summed E-state index contributed by atoms with van der Waals surface area (Å²) in [6.45, 7) is 1.46. The number of rotatable bonds is 8. The second-order valence-electron chi connectivity index (χ2n) is 7.15. The van der Waals surface area contributed by atoms with Gasteiger partial charge in [-0.3, -0.25) is 14.2 Å². The Morgan fingerprint density at radius 2 is 2.10 bits per heavy atom. The molecule has 0 saturated carbocycles. The van der Waals surface area contributed by atoms with Gasteiger partial charge in [0.2, 0.25) is 5.91 Å². The van der Waals surface area contributed by atoms with Crippen molar-refractivity contribution in [1.29, 1.82) is 0 Å². The topological polar surface area (TPSA) is 111 Å². The smallest absolute Gasteiger partial charge is 0.335 e. The van der Waals surface area contributed by atoms with Gasteiger partial charge in [-0.15, -0.1) is 11.3 Å². The lowest BCUT2D eigenvalue weighted by Gasteiger charge is -2.13. The number of nitrogens with one attached hydrogen (secondary N) is 1. The predicted octanol–water partition coefficient (Wildman–Crippen LogP) is 2.59. The van der Waals surface area contributed by atoms with Crippen LogP contribution >= 0.6 is 23.1 Å². The number of aromatic carboxylic acids is 1. The van der Waals surface area contributed by atoms with Gasteiger partial charge in [-0.05, 0) is 42.0 Å². The van der Waals surface area contributed by atoms with Crippen LogP contribution in [0.15, 0.2) is 45.7 Å². The lowest BCUT2D eigenvalue weighted by Crippen LogP contribution is -2.33. The van der Waals surface area contributed by atoms with Crippen LogP contribution in [-0.4, -0.2) is 51.5 Å². The van der Waals surface area contributed by atoms with Crippen molar-refractivity contribution < 1.29 is 19.4 Å². The quantitative estimate of drug-likeness (QED) is 0.393. The molecule has 8 nitrogen and oxygen atoms in total. The summed E-state index contributed by atoms with van der Waals surface area (Å²) in [4.78, 5) is 41.0. The third-order valence-electron chi connectivity index (χ3n) is 4.96. The Morgan fingerprint density at radius 1 is 1.29 bits per heavy atom. The highest BCUT2D eigenvalue weighted by molar-refractivity contribution is 7.99. The third kappa shape index (κ3) is 5.15. The average Bonchev–Trinajstić information content (AvgIpc) is 3.45. The zero-order valence-electron chi connectivity index (χ0n) is 16.6. The molecule has 1 fully saturated rings. The fourth-order valence-corrected chi connectivity index (χ4v) is 4.93. The van der Waals surface area contributed by atoms with E-state index >= 15 is 0 Å². The van der Waals surface area contributed by atoms with Crippen LogP contribution in [0.2, 0.25) is 0 Å². The van der Waals surface area contributed by atoms with Crippen LogP contribution in [0.3, 0.4) is 0 Å². The fraction of sp³-hybridized carbons (Fsp3) is 0.333. The number of carbonyl (C=O) groups is 2. The van der Waals surface area contributed by atoms with Gasteiger partial charge < -0.3 is 15.2 Å². The SMILES string of the molecule is O=C(CSc1nc2ccsc2c(=O)n1Cc1ccc(C(=O)O)cc1)NC[C@@H]1CCCO1. The number of hydrogen-bond donors (Lipinski definition) is 2. The minimum Gasteiger partial charge on any atom is -0.478 e. The van der Waals surface area contributed by atoms with Crippen LogP contribution in [0.5, 0.6) is 0 Å². The van der Waals surface area contributed by atoms with Crippen LogP contribution in [0, 0.1) is 0 Å². The van der Waals surface area contributed by atoms with Gasteiger partial charge in [0.1, 0.15) is 4.70 Å². The third-order valence-corrected chi connectivity index (χ3v) is 6.82. The van der Waals surface area contributed by atoms with E-state index in [2.05, 4.69) is 10.3 Å². The number of carboxylic acid groups (broad SMARTS) is 1. The highest BCUT2D eigenvalue weighted by Gasteiger charge is 2.18. The molecule has 1 amide bonds. The number of ether oxygens (including phenoxy) is 1. The Bertz CT molecular complexity index is 1150. The van der Waals surface area contributed by atoms with Crippen molar-refractivity contribution in [2.24, 2.45) is 0 Å². The summed E-state index contributed by atoms with van der Waals surface area (Å²) in [6.07, 6.45) is 2.03. The van der Waals surface area contributed by atoms with Gasteiger partial charge in [0.25, 0.3) is 5.56 Å². The molecule has 2 N–H and O–H groups in total. The molecule has 4 rings (SSSR count). The molecule has 1 aliphatic rings. The Hall–Kier alpha value is -2.69. The first kappa shape index (κ1) is 21.5. The number of aromatic nitrogens is 2. The second kappa shape index (κ2) is 9.63. The number of nitrogens with zero attached hydrogens (tertiary/aromatic N) is 2. The van der Waals surface area contributed by atoms with Gasteiger partial charge in [-0.1, -0.05) is 23.9 Å². The van der Waals surface area contributed by atoms with E-state index in [4.69, 9.17) is 9.84 Å². The van der Waals surface area contributed by atoms with Crippen molar-refractivity contribution >= 4 is 45.2 Å². The van der Waals surface area contributed by atoms with E-state index < -0.39 is 5.97 Å². The van der Waals surface area contributed by atoms with E-state index in [0.717, 1.165) is 25.0 Å². The van der Waals surface area contributed by atoms with Gasteiger partial charge in [-0.25, -0.2) is 9.78 Å². The van der Waals surface area contributed by atoms with E-state index in [9.17, 15) is 14.4 Å². The lowest BCUT2D eigenvalue weighted by atomic mass is 10.1. The first-order valence-electron chi connectivity index (χ1n) is 9.82. The number of amides is 1. The largest absolute Gasteiger partial charge is 0.478 e. The fourth-order valence-electron chi connectivity index (χ4n) is 3.32. The van der Waals surface area contributed by atoms with E-state index in [0.29, 0.717) is 21.9 Å². The molecule has 0 unspecified atom stereocenters. The van der Waals surface area contributed by atoms with Crippen LogP contribution in [0.25, 0.3) is 10.2 Å². The van der Waals surface area contributed by atoms with Gasteiger partial charge in [0.15, 0.2) is 5.16 Å². The molecule has 1 saturated heterocycles. The van der Waals surface area contributed by atoms with Crippen molar-refractivity contribution in [3.8, 4) is 0 Å². The van der Waals surface area contributed by atoms with Crippen molar-refractivity contribution in [2.75, 3.05) is 18.9 Å². The molecule has 1 aliphatic heterocycles. The normalized spacial score (nSPS) is 15.9. The standard InChI is InChI=1S/C21H21N3O5S2/c25-17(22-10-15-2-1-8-29-15)12-31-21-23-16-7-9-30-18(16)19(26)24(21)11-13-3-5-14(6-4-13)20(27)28/h3-7,9,15H,1-2,8,10-12H2,(H,22,25)(H,27,28)/t15-/m0/s1. The Balaban J connectivity index is 1.51. The van der Waals surface area contributed by atoms with Crippen molar-refractivity contribution in [1.82, 2.24) is 14.9 Å². The maximum atomic E-state index is 13.0. The summed E-state index contributed by atoms with van der Waals surface area (Å²) in [6, 6.07) is 8.15. The summed E-state index contributed by atoms with van der Waals surface area (Å²) in [5.41, 5.74) is 1.38. The van der Waals surface area contributed by atoms with Crippen LogP contribution in [0.4, 0.5) is 0 Å². The average molecular weight is 460 g/mol. The number of hydrogen-bond acceptors (Lipinski definition) is 7. The highest BCUT2D eigenvalue weighted by Crippen LogP contribution is 2.22. The van der Waals surface area contributed by atoms with E-state index in [1.54, 1.807) is 18.2 Å². The molecule has 0 radical (unpaired) electrons. The summed E-state index contributed by atoms with van der Waals surface area (Å²) in [5.74, 6) is -1.01. The second-order valence-corrected chi connectivity index (χ2v) is 9.01. The van der Waals surface area contributed by atoms with E-state index in [-0.39, 0.29) is 35.4 Å². The van der Waals surface area contributed by atoms with E-state index in [1.807, 2.05) is 5.38 Å². The number of thiophene rings is 1. The van der Waals surface area contributed by atoms with E-state index in [1.165, 1.54) is 39.8 Å². The summed E-state index contributed by atoms with van der Waals surface area (Å²) < 4.78 is 7.60. The summed E-state index contributed by atoms with van der Waals surface area (Å²) in [5, 5.41) is 14.2. The van der Waals surface area contributed by atoms with Crippen molar-refractivity contribution in [3.63, 3.8) is 0 Å². The zero-order valence-corrected chi connectivity index (χ0v) is 18.2. The highest BCUT2D eigenvalue weighted by atomic mass is 32.2. The van der Waals surface area contributed by atoms with Gasteiger partial charge >= 0.3 is 5.97 Å². The summed E-state index contributed by atoms with van der Waals surface area (Å²) in [7, 11) is 0. The first-order valence-corrected chi connectivity index (χ1v) is 11.7. The Kier molecular flexibility index (Phi) is 6.69. The molecule has 162 valence electrons. The molecule has 0 spiro atoms. The minimum atomic E-state index is -1.00. The number of fused-ring (bicyclic) bond motifs is 1. The maximum absolute atomic E-state index is 13.0. The molecular weight excluding hydrogens is 438 g/mol. The molecular formula is C21H21N3O5S2. The first-order chi connectivity index (χ1) is 15.0. The minimum absolute atomic E-state index is 0.0705. The zero-order chi connectivity index (χ0) is 21.8. The molecule has 0 aliphatic carbocycles. The van der Waals surface area contributed by atoms with Crippen molar-refractivity contribution in [2.45, 2.75) is 30.6 Å². The van der Waals surface area contributed by atoms with Crippen LogP contribution in [0.1, 0.15) is 28.8 Å². The van der Waals surface area contributed by atoms with Gasteiger partial charge in [0.05, 0.1) is 29.5 Å². The number of thioether (sulfide) groups is 1. The Morgan fingerprint density at radius 3 is 2.81 bits per heavy atom. The summed E-state index contributed by atoms with van der Waals surface area (Å²) >= 11 is 2.53. The van der Waals surface area contributed by atoms with Gasteiger partial charge in [-0.2, -0.15) is 0 Å². The van der Waals surface area contributed by atoms with Gasteiger partial charge in [0, 0.05) is 13.2 Å². The predicted molar refractivity (Wildman–Crippen MR) is 119 cm³/mol. The maximum Gasteiger partial charge on any atom is 0.335 e. The van der Waals surface area contributed by atoms with Crippen LogP contribution in [-0.2, 0) is 16.1 Å². The molecule has 1 atom stereocenters. The monoisotopic (exact) mass is 459 g/mol. The molecule has 10 heteroatoms. The number of carboxylic acids is 1. The molecule has 2 aromatic heterocycles. The molecule has 3 aromatic rings. The lowest BCUT2D eigenvalue weighted by molar-refractivity contribution is -0.119. The molecule has 31 heavy (non-hydrogen) atoms. The molecule has 0 bridgehead atoms. The van der Waals surface area contributed by atoms with Crippen molar-refractivity contribution in [3.05, 3.63) is 57.2 Å². The number of carbonyl (C=O) groups excluding carboxylic acids is 1.